The number of methoxy groups -OCH3 is 1. The molecule has 0 aliphatic rings. The Bertz CT molecular complexity index is 877. The number of ether oxygens (including phenoxy) is 1. The smallest absolute Gasteiger partial charge is 0.232 e. The number of nitrogens with zero attached hydrogens (tertiary/aromatic N) is 1. The number of hydrogen-bond acceptors (Lipinski definition) is 4. The van der Waals surface area contributed by atoms with Gasteiger partial charge in [-0.15, -0.1) is 0 Å². The topological polar surface area (TPSA) is 75.7 Å². The van der Waals surface area contributed by atoms with E-state index in [-0.39, 0.29) is 18.9 Å². The summed E-state index contributed by atoms with van der Waals surface area (Å²) < 4.78 is 30.8. The molecular weight excluding hydrogens is 352 g/mol. The molecule has 0 aliphatic heterocycles. The average molecular weight is 376 g/mol. The van der Waals surface area contributed by atoms with Crippen molar-refractivity contribution in [3.05, 3.63) is 53.6 Å². The van der Waals surface area contributed by atoms with Gasteiger partial charge >= 0.3 is 0 Å². The maximum absolute atomic E-state index is 12.2. The third-order valence-electron chi connectivity index (χ3n) is 4.16. The molecule has 7 heteroatoms. The van der Waals surface area contributed by atoms with Gasteiger partial charge in [0.1, 0.15) is 5.75 Å². The number of amides is 1. The van der Waals surface area contributed by atoms with Gasteiger partial charge in [-0.1, -0.05) is 12.1 Å². The maximum Gasteiger partial charge on any atom is 0.232 e. The van der Waals surface area contributed by atoms with Crippen molar-refractivity contribution >= 4 is 27.3 Å². The number of carbonyl (C=O) groups is 1. The summed E-state index contributed by atoms with van der Waals surface area (Å²) in [4.78, 5) is 12.2. The van der Waals surface area contributed by atoms with Crippen LogP contribution in [0.3, 0.4) is 0 Å². The predicted octanol–water partition coefficient (Wildman–Crippen LogP) is 3.11. The number of carbonyl (C=O) groups excluding carboxylic acids is 1. The molecule has 0 saturated carbocycles. The number of rotatable bonds is 7. The van der Waals surface area contributed by atoms with Crippen molar-refractivity contribution in [2.75, 3.05) is 29.5 Å². The zero-order valence-electron chi connectivity index (χ0n) is 15.4. The molecule has 2 rings (SSSR count). The lowest BCUT2D eigenvalue weighted by atomic mass is 10.1. The Morgan fingerprint density at radius 1 is 1.12 bits per heavy atom. The van der Waals surface area contributed by atoms with E-state index in [2.05, 4.69) is 5.32 Å². The Kier molecular flexibility index (Phi) is 6.26. The van der Waals surface area contributed by atoms with Crippen LogP contribution in [0.1, 0.15) is 17.5 Å². The average Bonchev–Trinajstić information content (AvgIpc) is 2.58. The monoisotopic (exact) mass is 376 g/mol. The van der Waals surface area contributed by atoms with Crippen LogP contribution < -0.4 is 14.4 Å². The Balaban J connectivity index is 2.09. The summed E-state index contributed by atoms with van der Waals surface area (Å²) in [6, 6.07) is 12.4. The highest BCUT2D eigenvalue weighted by atomic mass is 32.2. The minimum atomic E-state index is -3.50. The number of nitrogens with one attached hydrogen (secondary N) is 1. The second-order valence-electron chi connectivity index (χ2n) is 6.08. The van der Waals surface area contributed by atoms with Crippen LogP contribution in [0, 0.1) is 13.8 Å². The van der Waals surface area contributed by atoms with E-state index in [1.54, 1.807) is 37.4 Å². The molecule has 2 aromatic rings. The first-order chi connectivity index (χ1) is 12.2. The predicted molar refractivity (Wildman–Crippen MR) is 104 cm³/mol. The Labute approximate surface area is 154 Å². The van der Waals surface area contributed by atoms with E-state index in [0.29, 0.717) is 17.1 Å². The van der Waals surface area contributed by atoms with E-state index in [4.69, 9.17) is 4.74 Å². The molecule has 26 heavy (non-hydrogen) atoms. The number of anilines is 2. The summed E-state index contributed by atoms with van der Waals surface area (Å²) in [6.07, 6.45) is 1.20. The fourth-order valence-corrected chi connectivity index (χ4v) is 3.55. The van der Waals surface area contributed by atoms with Crippen molar-refractivity contribution < 1.29 is 17.9 Å². The standard InChI is InChI=1S/C19H24N2O4S/c1-14-6-5-7-18(15(14)2)21(26(4,23)24)13-12-19(22)20-16-8-10-17(25-3)11-9-16/h5-11H,12-13H2,1-4H3,(H,20,22). The van der Waals surface area contributed by atoms with Gasteiger partial charge in [0.15, 0.2) is 0 Å². The van der Waals surface area contributed by atoms with Gasteiger partial charge < -0.3 is 10.1 Å². The molecule has 0 aromatic heterocycles. The summed E-state index contributed by atoms with van der Waals surface area (Å²) in [5, 5.41) is 2.76. The molecule has 0 saturated heterocycles. The van der Waals surface area contributed by atoms with Crippen molar-refractivity contribution in [3.8, 4) is 5.75 Å². The first-order valence-corrected chi connectivity index (χ1v) is 10.0. The normalized spacial score (nSPS) is 11.1. The molecule has 0 heterocycles. The van der Waals surface area contributed by atoms with Gasteiger partial charge in [0.05, 0.1) is 19.1 Å². The van der Waals surface area contributed by atoms with Crippen LogP contribution in [0.2, 0.25) is 0 Å². The first-order valence-electron chi connectivity index (χ1n) is 8.20. The van der Waals surface area contributed by atoms with Crippen LogP contribution in [0.25, 0.3) is 0 Å². The summed E-state index contributed by atoms with van der Waals surface area (Å²) in [5.74, 6) is 0.440. The molecule has 0 aliphatic carbocycles. The van der Waals surface area contributed by atoms with E-state index >= 15 is 0 Å². The molecule has 0 atom stereocenters. The third kappa shape index (κ3) is 4.98. The van der Waals surface area contributed by atoms with Crippen LogP contribution >= 0.6 is 0 Å². The van der Waals surface area contributed by atoms with Crippen LogP contribution in [-0.2, 0) is 14.8 Å². The lowest BCUT2D eigenvalue weighted by Crippen LogP contribution is -2.33. The lowest BCUT2D eigenvalue weighted by Gasteiger charge is -2.24. The van der Waals surface area contributed by atoms with Gasteiger partial charge in [-0.3, -0.25) is 9.10 Å². The highest BCUT2D eigenvalue weighted by Crippen LogP contribution is 2.25. The van der Waals surface area contributed by atoms with Crippen molar-refractivity contribution in [2.24, 2.45) is 0 Å². The van der Waals surface area contributed by atoms with Gasteiger partial charge in [0.2, 0.25) is 15.9 Å². The minimum absolute atomic E-state index is 0.0481. The van der Waals surface area contributed by atoms with Gasteiger partial charge in [0, 0.05) is 18.7 Å². The van der Waals surface area contributed by atoms with Crippen LogP contribution in [0.15, 0.2) is 42.5 Å². The van der Waals surface area contributed by atoms with Crippen molar-refractivity contribution in [3.63, 3.8) is 0 Å². The summed E-state index contributed by atoms with van der Waals surface area (Å²) in [6.45, 7) is 3.88. The molecule has 140 valence electrons. The van der Waals surface area contributed by atoms with E-state index in [1.165, 1.54) is 4.31 Å². The van der Waals surface area contributed by atoms with Crippen molar-refractivity contribution in [1.82, 2.24) is 0 Å². The zero-order valence-corrected chi connectivity index (χ0v) is 16.3. The second kappa shape index (κ2) is 8.23. The van der Waals surface area contributed by atoms with Gasteiger partial charge in [0.25, 0.3) is 0 Å². The fourth-order valence-electron chi connectivity index (χ4n) is 2.57. The highest BCUT2D eigenvalue weighted by molar-refractivity contribution is 7.92. The first kappa shape index (κ1) is 19.8. The van der Waals surface area contributed by atoms with E-state index in [9.17, 15) is 13.2 Å². The Hall–Kier alpha value is -2.54. The van der Waals surface area contributed by atoms with Crippen molar-refractivity contribution in [1.29, 1.82) is 0 Å². The number of hydrogen-bond donors (Lipinski definition) is 1. The summed E-state index contributed by atoms with van der Waals surface area (Å²) in [7, 11) is -1.93. The molecule has 1 N–H and O–H groups in total. The number of aryl methyl sites for hydroxylation is 1. The summed E-state index contributed by atoms with van der Waals surface area (Å²) >= 11 is 0. The van der Waals surface area contributed by atoms with E-state index in [0.717, 1.165) is 17.4 Å². The van der Waals surface area contributed by atoms with Crippen LogP contribution in [-0.4, -0.2) is 34.2 Å². The molecule has 0 spiro atoms. The minimum Gasteiger partial charge on any atom is -0.497 e. The van der Waals surface area contributed by atoms with Gasteiger partial charge in [-0.25, -0.2) is 8.42 Å². The highest BCUT2D eigenvalue weighted by Gasteiger charge is 2.20. The van der Waals surface area contributed by atoms with Gasteiger partial charge in [-0.2, -0.15) is 0 Å². The van der Waals surface area contributed by atoms with E-state index < -0.39 is 10.0 Å². The Morgan fingerprint density at radius 2 is 1.77 bits per heavy atom. The van der Waals surface area contributed by atoms with Crippen molar-refractivity contribution in [2.45, 2.75) is 20.3 Å². The molecule has 1 amide bonds. The quantitative estimate of drug-likeness (QED) is 0.806. The second-order valence-corrected chi connectivity index (χ2v) is 7.99. The largest absolute Gasteiger partial charge is 0.497 e. The molecular formula is C19H24N2O4S. The molecule has 6 nitrogen and oxygen atoms in total. The lowest BCUT2D eigenvalue weighted by molar-refractivity contribution is -0.116. The summed E-state index contributed by atoms with van der Waals surface area (Å²) in [5.41, 5.74) is 3.12. The molecule has 2 aromatic carbocycles. The molecule has 0 unspecified atom stereocenters. The zero-order chi connectivity index (χ0) is 19.3. The van der Waals surface area contributed by atoms with E-state index in [1.807, 2.05) is 26.0 Å². The molecule has 0 radical (unpaired) electrons. The fraction of sp³-hybridized carbons (Fsp3) is 0.316. The van der Waals surface area contributed by atoms with Gasteiger partial charge in [-0.05, 0) is 55.3 Å². The maximum atomic E-state index is 12.2. The SMILES string of the molecule is COc1ccc(NC(=O)CCN(c2cccc(C)c2C)S(C)(=O)=O)cc1. The molecule has 0 bridgehead atoms. The van der Waals surface area contributed by atoms with Crippen LogP contribution in [0.5, 0.6) is 5.75 Å². The molecule has 0 fully saturated rings. The number of sulfonamides is 1. The number of benzene rings is 2. The Morgan fingerprint density at radius 3 is 2.35 bits per heavy atom. The van der Waals surface area contributed by atoms with Crippen LogP contribution in [0.4, 0.5) is 11.4 Å². The third-order valence-corrected chi connectivity index (χ3v) is 5.34.